The first-order chi connectivity index (χ1) is 11.4. The lowest BCUT2D eigenvalue weighted by molar-refractivity contribution is -0.136. The maximum absolute atomic E-state index is 13.4. The highest BCUT2D eigenvalue weighted by Crippen LogP contribution is 2.24. The third-order valence-corrected chi connectivity index (χ3v) is 3.65. The summed E-state index contributed by atoms with van der Waals surface area (Å²) in [6.07, 6.45) is 1.38. The largest absolute Gasteiger partial charge is 0.481 e. The summed E-state index contributed by atoms with van der Waals surface area (Å²) in [5.41, 5.74) is 2.29. The normalized spacial score (nSPS) is 10.8. The predicted molar refractivity (Wildman–Crippen MR) is 85.0 cm³/mol. The molecule has 6 heteroatoms. The monoisotopic (exact) mass is 328 g/mol. The molecular weight excluding hydrogens is 314 g/mol. The minimum atomic E-state index is -1.02. The number of rotatable bonds is 4. The third-order valence-electron chi connectivity index (χ3n) is 3.65. The maximum Gasteiger partial charge on any atom is 0.311 e. The van der Waals surface area contributed by atoms with E-state index in [9.17, 15) is 13.6 Å². The molecule has 0 saturated carbocycles. The summed E-state index contributed by atoms with van der Waals surface area (Å²) in [6.45, 7) is 1.65. The number of hydrogen-bond acceptors (Lipinski definition) is 2. The molecule has 0 bridgehead atoms. The van der Waals surface area contributed by atoms with Crippen molar-refractivity contribution in [3.05, 3.63) is 71.7 Å². The van der Waals surface area contributed by atoms with Gasteiger partial charge in [0.15, 0.2) is 0 Å². The zero-order chi connectivity index (χ0) is 17.3. The van der Waals surface area contributed by atoms with E-state index in [-0.39, 0.29) is 18.1 Å². The van der Waals surface area contributed by atoms with Crippen LogP contribution in [0.5, 0.6) is 0 Å². The van der Waals surface area contributed by atoms with Crippen molar-refractivity contribution in [1.82, 2.24) is 9.55 Å². The highest BCUT2D eigenvalue weighted by Gasteiger charge is 2.14. The van der Waals surface area contributed by atoms with Crippen molar-refractivity contribution in [1.29, 1.82) is 0 Å². The number of aliphatic carboxylic acids is 1. The zero-order valence-electron chi connectivity index (χ0n) is 12.8. The van der Waals surface area contributed by atoms with Crippen molar-refractivity contribution in [3.8, 4) is 16.9 Å². The van der Waals surface area contributed by atoms with Crippen LogP contribution in [0.4, 0.5) is 8.78 Å². The molecule has 0 aliphatic carbocycles. The van der Waals surface area contributed by atoms with Gasteiger partial charge in [-0.15, -0.1) is 0 Å². The van der Waals surface area contributed by atoms with Crippen LogP contribution in [0, 0.1) is 18.6 Å². The van der Waals surface area contributed by atoms with E-state index < -0.39 is 5.97 Å². The van der Waals surface area contributed by atoms with Gasteiger partial charge < -0.3 is 9.67 Å². The lowest BCUT2D eigenvalue weighted by Gasteiger charge is -2.05. The summed E-state index contributed by atoms with van der Waals surface area (Å²) in [4.78, 5) is 15.4. The van der Waals surface area contributed by atoms with Crippen molar-refractivity contribution in [2.45, 2.75) is 13.3 Å². The summed E-state index contributed by atoms with van der Waals surface area (Å²) >= 11 is 0. The van der Waals surface area contributed by atoms with Gasteiger partial charge in [0.05, 0.1) is 5.69 Å². The summed E-state index contributed by atoms with van der Waals surface area (Å²) in [7, 11) is 0. The number of aromatic nitrogens is 2. The van der Waals surface area contributed by atoms with E-state index in [0.29, 0.717) is 28.3 Å². The van der Waals surface area contributed by atoms with Crippen molar-refractivity contribution in [2.24, 2.45) is 0 Å². The molecular formula is C18H14F2N2O2. The van der Waals surface area contributed by atoms with Crippen LogP contribution < -0.4 is 0 Å². The van der Waals surface area contributed by atoms with E-state index in [1.165, 1.54) is 18.2 Å². The van der Waals surface area contributed by atoms with E-state index >= 15 is 0 Å². The molecule has 1 heterocycles. The van der Waals surface area contributed by atoms with Crippen LogP contribution >= 0.6 is 0 Å². The van der Waals surface area contributed by atoms with E-state index in [0.717, 1.165) is 0 Å². The number of nitrogens with zero attached hydrogens (tertiary/aromatic N) is 2. The second kappa shape index (κ2) is 6.23. The van der Waals surface area contributed by atoms with Gasteiger partial charge in [-0.1, -0.05) is 0 Å². The van der Waals surface area contributed by atoms with E-state index in [1.807, 2.05) is 0 Å². The van der Waals surface area contributed by atoms with Gasteiger partial charge >= 0.3 is 5.97 Å². The topological polar surface area (TPSA) is 55.1 Å². The smallest absolute Gasteiger partial charge is 0.311 e. The molecule has 0 aliphatic heterocycles. The molecule has 0 fully saturated rings. The van der Waals surface area contributed by atoms with E-state index in [4.69, 9.17) is 5.11 Å². The lowest BCUT2D eigenvalue weighted by Crippen LogP contribution is -2.07. The van der Waals surface area contributed by atoms with Gasteiger partial charge in [0.2, 0.25) is 0 Å². The molecule has 0 radical (unpaired) electrons. The first kappa shape index (κ1) is 15.9. The van der Waals surface area contributed by atoms with Gasteiger partial charge in [0.25, 0.3) is 0 Å². The molecule has 3 rings (SSSR count). The first-order valence-electron chi connectivity index (χ1n) is 7.26. The quantitative estimate of drug-likeness (QED) is 0.793. The summed E-state index contributed by atoms with van der Waals surface area (Å²) in [5, 5.41) is 9.08. The average Bonchev–Trinajstić information content (AvgIpc) is 2.94. The number of carboxylic acid groups (broad SMARTS) is 1. The fraction of sp³-hybridized carbons (Fsp3) is 0.111. The van der Waals surface area contributed by atoms with Gasteiger partial charge in [0, 0.05) is 17.4 Å². The minimum absolute atomic E-state index is 0.280. The zero-order valence-corrected chi connectivity index (χ0v) is 12.8. The average molecular weight is 328 g/mol. The second-order valence-electron chi connectivity index (χ2n) is 5.42. The SMILES string of the molecule is Cc1cc(-c2cn(-c3ccc(F)cc3)c(CC(=O)O)n2)ccc1F. The van der Waals surface area contributed by atoms with Crippen molar-refractivity contribution in [3.63, 3.8) is 0 Å². The fourth-order valence-electron chi connectivity index (χ4n) is 2.45. The number of hydrogen-bond donors (Lipinski definition) is 1. The van der Waals surface area contributed by atoms with Crippen LogP contribution in [0.15, 0.2) is 48.7 Å². The summed E-state index contributed by atoms with van der Waals surface area (Å²) in [5.74, 6) is -1.41. The van der Waals surface area contributed by atoms with Crippen LogP contribution in [0.25, 0.3) is 16.9 Å². The number of aryl methyl sites for hydroxylation is 1. The minimum Gasteiger partial charge on any atom is -0.481 e. The van der Waals surface area contributed by atoms with Crippen LogP contribution in [0.3, 0.4) is 0 Å². The Balaban J connectivity index is 2.10. The van der Waals surface area contributed by atoms with Crippen molar-refractivity contribution < 1.29 is 18.7 Å². The van der Waals surface area contributed by atoms with Gasteiger partial charge in [-0.2, -0.15) is 0 Å². The summed E-state index contributed by atoms with van der Waals surface area (Å²) in [6, 6.07) is 10.3. The van der Waals surface area contributed by atoms with Gasteiger partial charge in [-0.25, -0.2) is 13.8 Å². The second-order valence-corrected chi connectivity index (χ2v) is 5.42. The van der Waals surface area contributed by atoms with E-state index in [1.54, 1.807) is 42.0 Å². The van der Waals surface area contributed by atoms with Crippen molar-refractivity contribution >= 4 is 5.97 Å². The van der Waals surface area contributed by atoms with Gasteiger partial charge in [0.1, 0.15) is 23.9 Å². The number of benzene rings is 2. The Labute approximate surface area is 137 Å². The maximum atomic E-state index is 13.4. The molecule has 2 aromatic carbocycles. The molecule has 0 unspecified atom stereocenters. The van der Waals surface area contributed by atoms with E-state index in [2.05, 4.69) is 4.98 Å². The number of carboxylic acids is 1. The number of halogens is 2. The Bertz CT molecular complexity index is 902. The van der Waals surface area contributed by atoms with Crippen LogP contribution in [0.1, 0.15) is 11.4 Å². The molecule has 1 aromatic heterocycles. The van der Waals surface area contributed by atoms with Crippen LogP contribution in [-0.2, 0) is 11.2 Å². The number of imidazole rings is 1. The molecule has 0 aliphatic rings. The molecule has 4 nitrogen and oxygen atoms in total. The third kappa shape index (κ3) is 3.17. The Hall–Kier alpha value is -3.02. The van der Waals surface area contributed by atoms with Gasteiger partial charge in [-0.05, 0) is 55.0 Å². The van der Waals surface area contributed by atoms with Gasteiger partial charge in [-0.3, -0.25) is 4.79 Å². The fourth-order valence-corrected chi connectivity index (χ4v) is 2.45. The Morgan fingerprint density at radius 3 is 2.50 bits per heavy atom. The molecule has 0 saturated heterocycles. The van der Waals surface area contributed by atoms with Crippen molar-refractivity contribution in [2.75, 3.05) is 0 Å². The Morgan fingerprint density at radius 2 is 1.88 bits per heavy atom. The highest BCUT2D eigenvalue weighted by atomic mass is 19.1. The molecule has 24 heavy (non-hydrogen) atoms. The lowest BCUT2D eigenvalue weighted by atomic mass is 10.1. The predicted octanol–water partition coefficient (Wildman–Crippen LogP) is 3.75. The molecule has 1 N–H and O–H groups in total. The molecule has 0 spiro atoms. The molecule has 122 valence electrons. The molecule has 0 amide bonds. The van der Waals surface area contributed by atoms with Crippen LogP contribution in [0.2, 0.25) is 0 Å². The Kier molecular flexibility index (Phi) is 4.12. The molecule has 3 aromatic rings. The van der Waals surface area contributed by atoms with Crippen LogP contribution in [-0.4, -0.2) is 20.6 Å². The highest BCUT2D eigenvalue weighted by molar-refractivity contribution is 5.70. The standard InChI is InChI=1S/C18H14F2N2O2/c1-11-8-12(2-7-15(11)20)16-10-22(17(21-16)9-18(23)24)14-5-3-13(19)4-6-14/h2-8,10H,9H2,1H3,(H,23,24). The number of carbonyl (C=O) groups is 1. The first-order valence-corrected chi connectivity index (χ1v) is 7.26. The molecule has 0 atom stereocenters. The Morgan fingerprint density at radius 1 is 1.17 bits per heavy atom. The summed E-state index contributed by atoms with van der Waals surface area (Å²) < 4.78 is 28.1.